The Hall–Kier alpha value is -1.22. The zero-order chi connectivity index (χ0) is 14.4. The van der Waals surface area contributed by atoms with E-state index in [2.05, 4.69) is 49.3 Å². The van der Waals surface area contributed by atoms with Crippen molar-refractivity contribution in [1.82, 2.24) is 4.90 Å². The van der Waals surface area contributed by atoms with E-state index in [9.17, 15) is 0 Å². The lowest BCUT2D eigenvalue weighted by Crippen LogP contribution is -2.33. The molecule has 1 saturated heterocycles. The van der Waals surface area contributed by atoms with E-state index in [1.807, 2.05) is 0 Å². The van der Waals surface area contributed by atoms with Gasteiger partial charge in [0, 0.05) is 6.54 Å². The van der Waals surface area contributed by atoms with E-state index in [0.29, 0.717) is 0 Å². The highest BCUT2D eigenvalue weighted by Crippen LogP contribution is 2.27. The molecule has 0 bridgehead atoms. The number of rotatable bonds is 6. The summed E-state index contributed by atoms with van der Waals surface area (Å²) in [6, 6.07) is 6.43. The van der Waals surface area contributed by atoms with Crippen molar-refractivity contribution in [2.24, 2.45) is 5.92 Å². The van der Waals surface area contributed by atoms with E-state index in [0.717, 1.165) is 36.9 Å². The van der Waals surface area contributed by atoms with Crippen molar-refractivity contribution in [2.75, 3.05) is 38.6 Å². The molecule has 1 fully saturated rings. The van der Waals surface area contributed by atoms with Crippen molar-refractivity contribution >= 4 is 5.69 Å². The third-order valence-electron chi connectivity index (χ3n) is 4.02. The first kappa shape index (κ1) is 15.2. The van der Waals surface area contributed by atoms with Crippen molar-refractivity contribution < 1.29 is 4.74 Å². The molecule has 0 aromatic heterocycles. The van der Waals surface area contributed by atoms with Crippen LogP contribution in [-0.2, 0) is 0 Å². The van der Waals surface area contributed by atoms with Crippen molar-refractivity contribution in [3.63, 3.8) is 0 Å². The Labute approximate surface area is 123 Å². The Morgan fingerprint density at radius 2 is 2.05 bits per heavy atom. The molecule has 1 aromatic rings. The van der Waals surface area contributed by atoms with Gasteiger partial charge in [0.2, 0.25) is 0 Å². The van der Waals surface area contributed by atoms with Crippen LogP contribution >= 0.6 is 0 Å². The lowest BCUT2D eigenvalue weighted by molar-refractivity contribution is 0.226. The predicted octanol–water partition coefficient (Wildman–Crippen LogP) is 3.54. The summed E-state index contributed by atoms with van der Waals surface area (Å²) in [5.41, 5.74) is 2.39. The summed E-state index contributed by atoms with van der Waals surface area (Å²) in [5.74, 6) is 1.78. The minimum absolute atomic E-state index is 0.784. The second kappa shape index (κ2) is 7.53. The Balaban J connectivity index is 1.91. The van der Waals surface area contributed by atoms with Gasteiger partial charge in [0.15, 0.2) is 0 Å². The molecule has 0 amide bonds. The number of aryl methyl sites for hydroxylation is 1. The molecule has 0 radical (unpaired) electrons. The Bertz CT molecular complexity index is 411. The van der Waals surface area contributed by atoms with E-state index in [1.165, 1.54) is 31.5 Å². The van der Waals surface area contributed by atoms with Crippen molar-refractivity contribution in [2.45, 2.75) is 33.1 Å². The van der Waals surface area contributed by atoms with Gasteiger partial charge in [-0.1, -0.05) is 13.0 Å². The smallest absolute Gasteiger partial charge is 0.142 e. The van der Waals surface area contributed by atoms with E-state index >= 15 is 0 Å². The highest BCUT2D eigenvalue weighted by Gasteiger charge is 2.16. The summed E-state index contributed by atoms with van der Waals surface area (Å²) in [4.78, 5) is 2.41. The number of nitrogens with one attached hydrogen (secondary N) is 1. The van der Waals surface area contributed by atoms with Crippen LogP contribution < -0.4 is 10.1 Å². The third kappa shape index (κ3) is 4.41. The minimum Gasteiger partial charge on any atom is -0.491 e. The summed E-state index contributed by atoms with van der Waals surface area (Å²) in [7, 11) is 2.21. The first-order chi connectivity index (χ1) is 9.69. The lowest BCUT2D eigenvalue weighted by atomic mass is 9.97. The molecule has 0 saturated carbocycles. The fourth-order valence-electron chi connectivity index (χ4n) is 2.63. The van der Waals surface area contributed by atoms with Gasteiger partial charge < -0.3 is 15.0 Å². The summed E-state index contributed by atoms with van der Waals surface area (Å²) >= 11 is 0. The molecule has 1 aliphatic heterocycles. The molecule has 20 heavy (non-hydrogen) atoms. The number of ether oxygens (including phenoxy) is 1. The van der Waals surface area contributed by atoms with Crippen molar-refractivity contribution in [1.29, 1.82) is 0 Å². The second-order valence-electron chi connectivity index (χ2n) is 5.98. The standard InChI is InChI=1S/C17H28N2O/c1-4-11-20-17-12-14(2)5-6-16(17)18-13-15-7-9-19(3)10-8-15/h5-6,12,15,18H,4,7-11,13H2,1-3H3. The van der Waals surface area contributed by atoms with Crippen LogP contribution in [0.1, 0.15) is 31.7 Å². The largest absolute Gasteiger partial charge is 0.491 e. The molecule has 2 rings (SSSR count). The fraction of sp³-hybridized carbons (Fsp3) is 0.647. The number of benzene rings is 1. The number of hydrogen-bond acceptors (Lipinski definition) is 3. The van der Waals surface area contributed by atoms with Crippen LogP contribution in [0, 0.1) is 12.8 Å². The van der Waals surface area contributed by atoms with Crippen LogP contribution in [-0.4, -0.2) is 38.2 Å². The van der Waals surface area contributed by atoms with E-state index in [4.69, 9.17) is 4.74 Å². The van der Waals surface area contributed by atoms with Gasteiger partial charge in [-0.3, -0.25) is 0 Å². The monoisotopic (exact) mass is 276 g/mol. The maximum atomic E-state index is 5.85. The van der Waals surface area contributed by atoms with Gasteiger partial charge in [0.05, 0.1) is 12.3 Å². The third-order valence-corrected chi connectivity index (χ3v) is 4.02. The molecule has 1 heterocycles. The lowest BCUT2D eigenvalue weighted by Gasteiger charge is -2.29. The molecular formula is C17H28N2O. The number of likely N-dealkylation sites (tertiary alicyclic amines) is 1. The number of piperidine rings is 1. The Kier molecular flexibility index (Phi) is 5.72. The first-order valence-corrected chi connectivity index (χ1v) is 7.85. The molecule has 112 valence electrons. The summed E-state index contributed by atoms with van der Waals surface area (Å²) in [5, 5.41) is 3.59. The fourth-order valence-corrected chi connectivity index (χ4v) is 2.63. The number of anilines is 1. The quantitative estimate of drug-likeness (QED) is 0.860. The van der Waals surface area contributed by atoms with Crippen molar-refractivity contribution in [3.05, 3.63) is 23.8 Å². The molecule has 1 aliphatic rings. The zero-order valence-electron chi connectivity index (χ0n) is 13.1. The van der Waals surface area contributed by atoms with Crippen LogP contribution in [0.3, 0.4) is 0 Å². The van der Waals surface area contributed by atoms with Gasteiger partial charge in [0.1, 0.15) is 5.75 Å². The summed E-state index contributed by atoms with van der Waals surface area (Å²) in [6.07, 6.45) is 3.63. The minimum atomic E-state index is 0.784. The second-order valence-corrected chi connectivity index (χ2v) is 5.98. The molecule has 0 aliphatic carbocycles. The summed E-state index contributed by atoms with van der Waals surface area (Å²) in [6.45, 7) is 8.53. The van der Waals surface area contributed by atoms with Gasteiger partial charge in [-0.15, -0.1) is 0 Å². The molecule has 3 heteroatoms. The van der Waals surface area contributed by atoms with Gasteiger partial charge in [-0.2, -0.15) is 0 Å². The van der Waals surface area contributed by atoms with Gasteiger partial charge in [-0.25, -0.2) is 0 Å². The maximum Gasteiger partial charge on any atom is 0.142 e. The molecule has 0 unspecified atom stereocenters. The van der Waals surface area contributed by atoms with Crippen LogP contribution in [0.5, 0.6) is 5.75 Å². The molecule has 3 nitrogen and oxygen atoms in total. The van der Waals surface area contributed by atoms with Gasteiger partial charge >= 0.3 is 0 Å². The summed E-state index contributed by atoms with van der Waals surface area (Å²) < 4.78 is 5.85. The van der Waals surface area contributed by atoms with E-state index in [-0.39, 0.29) is 0 Å². The normalized spacial score (nSPS) is 17.1. The molecule has 0 atom stereocenters. The molecule has 0 spiro atoms. The highest BCUT2D eigenvalue weighted by atomic mass is 16.5. The van der Waals surface area contributed by atoms with Crippen LogP contribution in [0.15, 0.2) is 18.2 Å². The van der Waals surface area contributed by atoms with Crippen molar-refractivity contribution in [3.8, 4) is 5.75 Å². The Morgan fingerprint density at radius 3 is 2.75 bits per heavy atom. The first-order valence-electron chi connectivity index (χ1n) is 7.85. The average molecular weight is 276 g/mol. The van der Waals surface area contributed by atoms with Crippen LogP contribution in [0.4, 0.5) is 5.69 Å². The zero-order valence-corrected chi connectivity index (χ0v) is 13.1. The number of hydrogen-bond donors (Lipinski definition) is 1. The van der Waals surface area contributed by atoms with Crippen LogP contribution in [0.25, 0.3) is 0 Å². The van der Waals surface area contributed by atoms with E-state index in [1.54, 1.807) is 0 Å². The highest BCUT2D eigenvalue weighted by molar-refractivity contribution is 5.57. The predicted molar refractivity (Wildman–Crippen MR) is 85.7 cm³/mol. The van der Waals surface area contributed by atoms with Crippen LogP contribution in [0.2, 0.25) is 0 Å². The SMILES string of the molecule is CCCOc1cc(C)ccc1NCC1CCN(C)CC1. The molecule has 1 aromatic carbocycles. The average Bonchev–Trinajstić information content (AvgIpc) is 2.46. The van der Waals surface area contributed by atoms with Gasteiger partial charge in [-0.05, 0) is 69.9 Å². The van der Waals surface area contributed by atoms with Gasteiger partial charge in [0.25, 0.3) is 0 Å². The number of nitrogens with zero attached hydrogens (tertiary/aromatic N) is 1. The molecule has 1 N–H and O–H groups in total. The Morgan fingerprint density at radius 1 is 1.30 bits per heavy atom. The molecular weight excluding hydrogens is 248 g/mol. The van der Waals surface area contributed by atoms with E-state index < -0.39 is 0 Å². The topological polar surface area (TPSA) is 24.5 Å². The maximum absolute atomic E-state index is 5.85.